The van der Waals surface area contributed by atoms with Crippen molar-refractivity contribution in [3.63, 3.8) is 0 Å². The number of alkyl carbamates (subject to hydrolysis) is 1. The maximum Gasteiger partial charge on any atom is 0.410 e. The second-order valence-corrected chi connectivity index (χ2v) is 10.4. The Morgan fingerprint density at radius 1 is 1.00 bits per heavy atom. The van der Waals surface area contributed by atoms with Crippen LogP contribution in [-0.2, 0) is 27.5 Å². The van der Waals surface area contributed by atoms with E-state index in [0.717, 1.165) is 11.8 Å². The predicted octanol–water partition coefficient (Wildman–Crippen LogP) is 3.54. The summed E-state index contributed by atoms with van der Waals surface area (Å²) in [7, 11) is 0. The summed E-state index contributed by atoms with van der Waals surface area (Å²) >= 11 is 1.07. The molecule has 1 saturated heterocycles. The Bertz CT molecular complexity index is 1230. The van der Waals surface area contributed by atoms with Crippen LogP contribution in [0.5, 0.6) is 0 Å². The van der Waals surface area contributed by atoms with Crippen LogP contribution in [0.3, 0.4) is 0 Å². The molecule has 0 radical (unpaired) electrons. The van der Waals surface area contributed by atoms with E-state index < -0.39 is 34.2 Å². The molecule has 1 fully saturated rings. The van der Waals surface area contributed by atoms with E-state index in [1.165, 1.54) is 60.4 Å². The molecular weight excluding hydrogens is 548 g/mol. The molecule has 0 aliphatic carbocycles. The summed E-state index contributed by atoms with van der Waals surface area (Å²) in [5.74, 6) is 0. The van der Waals surface area contributed by atoms with Gasteiger partial charge in [-0.3, -0.25) is 25.0 Å². The van der Waals surface area contributed by atoms with Gasteiger partial charge in [0.25, 0.3) is 11.4 Å². The molecule has 1 aliphatic heterocycles. The van der Waals surface area contributed by atoms with Crippen molar-refractivity contribution in [2.24, 2.45) is 0 Å². The molecule has 40 heavy (non-hydrogen) atoms. The fourth-order valence-electron chi connectivity index (χ4n) is 4.09. The van der Waals surface area contributed by atoms with Gasteiger partial charge in [-0.05, 0) is 48.2 Å². The molecule has 14 nitrogen and oxygen atoms in total. The Labute approximate surface area is 232 Å². The van der Waals surface area contributed by atoms with Crippen LogP contribution in [0.15, 0.2) is 48.5 Å². The van der Waals surface area contributed by atoms with Gasteiger partial charge in [0.15, 0.2) is 5.12 Å². The third kappa shape index (κ3) is 8.91. The van der Waals surface area contributed by atoms with Crippen LogP contribution in [0.25, 0.3) is 0 Å². The third-order valence-corrected chi connectivity index (χ3v) is 7.06. The zero-order valence-corrected chi connectivity index (χ0v) is 22.3. The quantitative estimate of drug-likeness (QED) is 0.294. The topological polar surface area (TPSA) is 191 Å². The smallest absolute Gasteiger partial charge is 0.410 e. The molecule has 15 heteroatoms. The second kappa shape index (κ2) is 14.2. The molecule has 0 aromatic heterocycles. The number of nitrogens with one attached hydrogen (secondary N) is 1. The Kier molecular flexibility index (Phi) is 10.8. The van der Waals surface area contributed by atoms with Crippen molar-refractivity contribution in [3.8, 4) is 0 Å². The van der Waals surface area contributed by atoms with Gasteiger partial charge in [-0.25, -0.2) is 9.59 Å². The number of hydrogen-bond donors (Lipinski definition) is 2. The van der Waals surface area contributed by atoms with Gasteiger partial charge < -0.3 is 24.8 Å². The van der Waals surface area contributed by atoms with E-state index >= 15 is 0 Å². The van der Waals surface area contributed by atoms with E-state index in [1.54, 1.807) is 0 Å². The normalized spacial score (nSPS) is 17.1. The lowest BCUT2D eigenvalue weighted by atomic mass is 10.1. The van der Waals surface area contributed by atoms with E-state index in [2.05, 4.69) is 5.32 Å². The first-order chi connectivity index (χ1) is 19.0. The number of rotatable bonds is 11. The minimum Gasteiger partial charge on any atom is -0.445 e. The minimum absolute atomic E-state index is 0.0347. The van der Waals surface area contributed by atoms with E-state index in [9.17, 15) is 39.7 Å². The number of aliphatic hydroxyl groups is 1. The van der Waals surface area contributed by atoms with Crippen LogP contribution in [0.2, 0.25) is 0 Å². The maximum absolute atomic E-state index is 12.9. The first kappa shape index (κ1) is 30.3. The fourth-order valence-corrected chi connectivity index (χ4v) is 5.09. The van der Waals surface area contributed by atoms with Crippen LogP contribution in [-0.4, -0.2) is 67.6 Å². The van der Waals surface area contributed by atoms with Gasteiger partial charge in [0.05, 0.1) is 22.0 Å². The van der Waals surface area contributed by atoms with Gasteiger partial charge in [0.1, 0.15) is 13.2 Å². The Morgan fingerprint density at radius 2 is 1.52 bits per heavy atom. The highest BCUT2D eigenvalue weighted by Gasteiger charge is 2.40. The van der Waals surface area contributed by atoms with Crippen molar-refractivity contribution in [1.29, 1.82) is 0 Å². The number of aliphatic hydroxyl groups excluding tert-OH is 1. The van der Waals surface area contributed by atoms with Gasteiger partial charge >= 0.3 is 12.2 Å². The third-order valence-electron chi connectivity index (χ3n) is 6.05. The number of ether oxygens (including phenoxy) is 2. The number of carbonyl (C=O) groups excluding carboxylic acids is 3. The van der Waals surface area contributed by atoms with E-state index in [4.69, 9.17) is 9.47 Å². The number of nitrogens with zero attached hydrogens (tertiary/aromatic N) is 3. The molecule has 0 spiro atoms. The lowest BCUT2D eigenvalue weighted by Crippen LogP contribution is -2.44. The molecule has 3 atom stereocenters. The van der Waals surface area contributed by atoms with Crippen molar-refractivity contribution >= 4 is 40.4 Å². The number of thioether (sulfide) groups is 1. The fraction of sp³-hybridized carbons (Fsp3) is 0.400. The van der Waals surface area contributed by atoms with Crippen molar-refractivity contribution in [1.82, 2.24) is 10.2 Å². The molecule has 214 valence electrons. The highest BCUT2D eigenvalue weighted by atomic mass is 32.2. The molecule has 1 heterocycles. The highest BCUT2D eigenvalue weighted by Crippen LogP contribution is 2.31. The maximum atomic E-state index is 12.9. The lowest BCUT2D eigenvalue weighted by Gasteiger charge is -2.28. The highest BCUT2D eigenvalue weighted by molar-refractivity contribution is 8.14. The summed E-state index contributed by atoms with van der Waals surface area (Å²) in [4.78, 5) is 58.3. The van der Waals surface area contributed by atoms with Gasteiger partial charge in [0, 0.05) is 49.5 Å². The molecule has 1 aliphatic rings. The standard InChI is InChI=1S/C25H28N4O10S/c1-16(30)40-21-12-22(27(13-21)25(33)39-15-18-4-8-20(9-5-18)29(36)37)23(31)10-11-26-24(32)38-14-17-2-6-19(7-3-17)28(34)35/h2-9,21-23,31H,10-15H2,1H3,(H,26,32)/t21-,22-,23+/m0/s1. The van der Waals surface area contributed by atoms with Gasteiger partial charge in [0.2, 0.25) is 0 Å². The molecular formula is C25H28N4O10S. The van der Waals surface area contributed by atoms with Crippen molar-refractivity contribution in [3.05, 3.63) is 79.9 Å². The van der Waals surface area contributed by atoms with Crippen LogP contribution < -0.4 is 5.32 Å². The zero-order valence-electron chi connectivity index (χ0n) is 21.5. The molecule has 0 saturated carbocycles. The molecule has 2 aromatic rings. The SMILES string of the molecule is CC(=O)S[C@H]1C[C@@H]([C@H](O)CCNC(=O)OCc2ccc([N+](=O)[O-])cc2)N(C(=O)OCc2ccc([N+](=O)[O-])cc2)C1. The first-order valence-electron chi connectivity index (χ1n) is 12.2. The summed E-state index contributed by atoms with van der Waals surface area (Å²) in [6.45, 7) is 1.39. The van der Waals surface area contributed by atoms with E-state index in [1.807, 2.05) is 0 Å². The van der Waals surface area contributed by atoms with Crippen molar-refractivity contribution < 1.29 is 38.8 Å². The zero-order chi connectivity index (χ0) is 29.2. The van der Waals surface area contributed by atoms with Gasteiger partial charge in [-0.15, -0.1) is 0 Å². The summed E-state index contributed by atoms with van der Waals surface area (Å²) in [5, 5.41) is 34.5. The number of nitro benzene ring substituents is 2. The minimum atomic E-state index is -1.04. The summed E-state index contributed by atoms with van der Waals surface area (Å²) in [5.41, 5.74) is 0.929. The summed E-state index contributed by atoms with van der Waals surface area (Å²) in [6.07, 6.45) is -2.07. The van der Waals surface area contributed by atoms with E-state index in [0.29, 0.717) is 17.5 Å². The van der Waals surface area contributed by atoms with Crippen LogP contribution in [0, 0.1) is 20.2 Å². The van der Waals surface area contributed by atoms with Crippen LogP contribution >= 0.6 is 11.8 Å². The number of non-ortho nitro benzene ring substituents is 2. The van der Waals surface area contributed by atoms with Gasteiger partial charge in [-0.2, -0.15) is 0 Å². The molecule has 0 unspecified atom stereocenters. The lowest BCUT2D eigenvalue weighted by molar-refractivity contribution is -0.385. The first-order valence-corrected chi connectivity index (χ1v) is 13.1. The van der Waals surface area contributed by atoms with Crippen LogP contribution in [0.4, 0.5) is 21.0 Å². The average Bonchev–Trinajstić information content (AvgIpc) is 3.34. The Balaban J connectivity index is 1.49. The predicted molar refractivity (Wildman–Crippen MR) is 142 cm³/mol. The van der Waals surface area contributed by atoms with Crippen molar-refractivity contribution in [2.75, 3.05) is 13.1 Å². The number of nitro groups is 2. The molecule has 3 rings (SSSR count). The van der Waals surface area contributed by atoms with Gasteiger partial charge in [-0.1, -0.05) is 11.8 Å². The number of hydrogen-bond acceptors (Lipinski definition) is 11. The number of carbonyl (C=O) groups is 3. The number of likely N-dealkylation sites (tertiary alicyclic amines) is 1. The van der Waals surface area contributed by atoms with E-state index in [-0.39, 0.29) is 54.5 Å². The van der Waals surface area contributed by atoms with Crippen LogP contribution in [0.1, 0.15) is 30.9 Å². The average molecular weight is 577 g/mol. The summed E-state index contributed by atoms with van der Waals surface area (Å²) in [6, 6.07) is 10.4. The molecule has 2 aromatic carbocycles. The molecule has 2 N–H and O–H groups in total. The summed E-state index contributed by atoms with van der Waals surface area (Å²) < 4.78 is 10.5. The monoisotopic (exact) mass is 576 g/mol. The number of benzene rings is 2. The Hall–Kier alpha value is -4.24. The second-order valence-electron chi connectivity index (χ2n) is 8.95. The largest absolute Gasteiger partial charge is 0.445 e. The molecule has 0 bridgehead atoms. The Morgan fingerprint density at radius 3 is 2.02 bits per heavy atom. The number of amides is 2. The van der Waals surface area contributed by atoms with Crippen molar-refractivity contribution in [2.45, 2.75) is 50.4 Å². The molecule has 2 amide bonds.